The molecule has 0 spiro atoms. The van der Waals surface area contributed by atoms with Crippen LogP contribution in [-0.4, -0.2) is 19.6 Å². The molecule has 0 atom stereocenters. The van der Waals surface area contributed by atoms with Gasteiger partial charge in [-0.2, -0.15) is 0 Å². The number of hydrogen-bond donors (Lipinski definition) is 4. The maximum absolute atomic E-state index is 12.6. The van der Waals surface area contributed by atoms with Crippen LogP contribution in [0.1, 0.15) is 11.1 Å². The van der Waals surface area contributed by atoms with Gasteiger partial charge in [-0.25, -0.2) is 9.36 Å². The highest BCUT2D eigenvalue weighted by Crippen LogP contribution is 2.11. The molecule has 0 aliphatic rings. The average molecular weight is 412 g/mol. The van der Waals surface area contributed by atoms with Crippen molar-refractivity contribution in [3.63, 3.8) is 0 Å². The van der Waals surface area contributed by atoms with Crippen LogP contribution < -0.4 is 22.6 Å². The summed E-state index contributed by atoms with van der Waals surface area (Å²) < 4.78 is 2.74. The van der Waals surface area contributed by atoms with Gasteiger partial charge in [0, 0.05) is 0 Å². The number of aromatic nitrogens is 4. The summed E-state index contributed by atoms with van der Waals surface area (Å²) in [5.41, 5.74) is 16.2. The van der Waals surface area contributed by atoms with Crippen LogP contribution in [0.2, 0.25) is 0 Å². The fourth-order valence-electron chi connectivity index (χ4n) is 3.08. The molecule has 2 aromatic heterocycles. The molecule has 0 saturated heterocycles. The molecule has 31 heavy (non-hydrogen) atoms. The summed E-state index contributed by atoms with van der Waals surface area (Å²) in [6, 6.07) is 18.3. The van der Waals surface area contributed by atoms with Crippen molar-refractivity contribution in [1.82, 2.24) is 19.6 Å². The van der Waals surface area contributed by atoms with Gasteiger partial charge in [0.15, 0.2) is 0 Å². The maximum atomic E-state index is 12.6. The van der Waals surface area contributed by atoms with Gasteiger partial charge >= 0.3 is 0 Å². The molecule has 8 heteroatoms. The van der Waals surface area contributed by atoms with E-state index in [0.29, 0.717) is 22.5 Å². The van der Waals surface area contributed by atoms with E-state index in [1.807, 2.05) is 36.4 Å². The number of aromatic amines is 2. The Kier molecular flexibility index (Phi) is 5.29. The van der Waals surface area contributed by atoms with Gasteiger partial charge in [-0.1, -0.05) is 42.5 Å². The first-order chi connectivity index (χ1) is 15.1. The lowest BCUT2D eigenvalue weighted by molar-refractivity contribution is 0.853. The van der Waals surface area contributed by atoms with Crippen molar-refractivity contribution < 1.29 is 0 Å². The van der Waals surface area contributed by atoms with Crippen LogP contribution >= 0.6 is 0 Å². The number of rotatable bonds is 5. The van der Waals surface area contributed by atoms with E-state index in [9.17, 15) is 9.59 Å². The van der Waals surface area contributed by atoms with Crippen molar-refractivity contribution in [1.29, 1.82) is 0 Å². The van der Waals surface area contributed by atoms with Gasteiger partial charge in [-0.3, -0.25) is 19.8 Å². The van der Waals surface area contributed by atoms with Crippen LogP contribution in [0.25, 0.3) is 23.5 Å². The normalized spacial score (nSPS) is 10.8. The summed E-state index contributed by atoms with van der Waals surface area (Å²) in [6.07, 6.45) is 6.25. The zero-order valence-corrected chi connectivity index (χ0v) is 16.4. The molecule has 0 aliphatic carbocycles. The molecule has 6 N–H and O–H groups in total. The SMILES string of the molecule is Nc1[nH]n(-c2ccccc2)c(=O)c1C=C=CC=Cc1c(N)[nH]n(-c2ccccc2)c1=O. The second-order valence-electron chi connectivity index (χ2n) is 6.67. The van der Waals surface area contributed by atoms with Crippen molar-refractivity contribution in [3.8, 4) is 11.4 Å². The van der Waals surface area contributed by atoms with E-state index in [1.165, 1.54) is 15.4 Å². The Morgan fingerprint density at radius 3 is 1.77 bits per heavy atom. The Balaban J connectivity index is 1.58. The first kappa shape index (κ1) is 19.6. The first-order valence-corrected chi connectivity index (χ1v) is 9.47. The number of nitrogen functional groups attached to an aromatic ring is 2. The third-order valence-electron chi connectivity index (χ3n) is 4.62. The highest BCUT2D eigenvalue weighted by atomic mass is 16.1. The summed E-state index contributed by atoms with van der Waals surface area (Å²) in [7, 11) is 0. The van der Waals surface area contributed by atoms with Crippen molar-refractivity contribution in [3.05, 3.63) is 110 Å². The van der Waals surface area contributed by atoms with E-state index < -0.39 is 0 Å². The second-order valence-corrected chi connectivity index (χ2v) is 6.67. The smallest absolute Gasteiger partial charge is 0.281 e. The van der Waals surface area contributed by atoms with E-state index in [1.54, 1.807) is 42.5 Å². The van der Waals surface area contributed by atoms with Gasteiger partial charge in [-0.05, 0) is 42.5 Å². The molecule has 8 nitrogen and oxygen atoms in total. The summed E-state index contributed by atoms with van der Waals surface area (Å²) >= 11 is 0. The Morgan fingerprint density at radius 1 is 0.742 bits per heavy atom. The number of para-hydroxylation sites is 2. The molecule has 4 aromatic rings. The quantitative estimate of drug-likeness (QED) is 0.297. The van der Waals surface area contributed by atoms with Gasteiger partial charge in [0.25, 0.3) is 11.1 Å². The summed E-state index contributed by atoms with van der Waals surface area (Å²) in [6.45, 7) is 0. The largest absolute Gasteiger partial charge is 0.383 e. The number of H-pyrrole nitrogens is 2. The van der Waals surface area contributed by atoms with E-state index in [-0.39, 0.29) is 22.8 Å². The lowest BCUT2D eigenvalue weighted by Crippen LogP contribution is -2.15. The van der Waals surface area contributed by atoms with E-state index >= 15 is 0 Å². The summed E-state index contributed by atoms with van der Waals surface area (Å²) in [5.74, 6) is 0.488. The van der Waals surface area contributed by atoms with Crippen molar-refractivity contribution in [2.75, 3.05) is 11.5 Å². The molecule has 154 valence electrons. The summed E-state index contributed by atoms with van der Waals surface area (Å²) in [4.78, 5) is 25.2. The molecule has 2 heterocycles. The Hall–Kier alpha value is -4.68. The second kappa shape index (κ2) is 8.36. The third kappa shape index (κ3) is 3.91. The number of benzene rings is 2. The third-order valence-corrected chi connectivity index (χ3v) is 4.62. The van der Waals surface area contributed by atoms with E-state index in [2.05, 4.69) is 15.9 Å². The fraction of sp³-hybridized carbons (Fsp3) is 0. The Morgan fingerprint density at radius 2 is 1.23 bits per heavy atom. The minimum absolute atomic E-state index is 0.236. The molecule has 0 unspecified atom stereocenters. The Bertz CT molecular complexity index is 1410. The van der Waals surface area contributed by atoms with Crippen molar-refractivity contribution >= 4 is 23.8 Å². The van der Waals surface area contributed by atoms with Crippen LogP contribution in [0, 0.1) is 0 Å². The van der Waals surface area contributed by atoms with Crippen molar-refractivity contribution in [2.45, 2.75) is 0 Å². The minimum atomic E-state index is -0.283. The molecule has 0 radical (unpaired) electrons. The van der Waals surface area contributed by atoms with Gasteiger partial charge < -0.3 is 11.5 Å². The van der Waals surface area contributed by atoms with Crippen molar-refractivity contribution in [2.24, 2.45) is 0 Å². The predicted octanol–water partition coefficient (Wildman–Crippen LogP) is 2.69. The lowest BCUT2D eigenvalue weighted by Gasteiger charge is -1.99. The van der Waals surface area contributed by atoms with Crippen LogP contribution in [-0.2, 0) is 0 Å². The Labute approximate surface area is 177 Å². The molecule has 0 fully saturated rings. The number of hydrogen-bond acceptors (Lipinski definition) is 4. The van der Waals surface area contributed by atoms with Crippen LogP contribution in [0.4, 0.5) is 11.6 Å². The number of allylic oxidation sites excluding steroid dienone is 2. The number of nitrogens with two attached hydrogens (primary N) is 2. The van der Waals surface area contributed by atoms with Crippen LogP contribution in [0.3, 0.4) is 0 Å². The van der Waals surface area contributed by atoms with Crippen LogP contribution in [0.15, 0.2) is 88.1 Å². The fourth-order valence-corrected chi connectivity index (χ4v) is 3.08. The zero-order chi connectivity index (χ0) is 21.8. The molecule has 4 rings (SSSR count). The molecule has 2 aromatic carbocycles. The van der Waals surface area contributed by atoms with Crippen LogP contribution in [0.5, 0.6) is 0 Å². The minimum Gasteiger partial charge on any atom is -0.383 e. The van der Waals surface area contributed by atoms with Gasteiger partial charge in [0.1, 0.15) is 11.6 Å². The number of nitrogens with zero attached hydrogens (tertiary/aromatic N) is 2. The van der Waals surface area contributed by atoms with E-state index in [4.69, 9.17) is 11.5 Å². The maximum Gasteiger partial charge on any atom is 0.281 e. The molecule has 0 aliphatic heterocycles. The standard InChI is InChI=1S/C23H20N6O2/c24-20-18(22(30)28(26-20)16-10-4-1-5-11-16)14-8-3-9-15-19-21(25)27-29(23(19)31)17-12-6-2-7-13-17/h1-8,10-15,26-27H,24-25H2. The van der Waals surface area contributed by atoms with Gasteiger partial charge in [0.2, 0.25) is 0 Å². The lowest BCUT2D eigenvalue weighted by atomic mass is 10.2. The average Bonchev–Trinajstić information content (AvgIpc) is 3.24. The number of anilines is 2. The van der Waals surface area contributed by atoms with Gasteiger partial charge in [-0.15, -0.1) is 5.73 Å². The van der Waals surface area contributed by atoms with Gasteiger partial charge in [0.05, 0.1) is 22.5 Å². The molecule has 0 amide bonds. The summed E-state index contributed by atoms with van der Waals surface area (Å²) in [5, 5.41) is 5.70. The predicted molar refractivity (Wildman–Crippen MR) is 123 cm³/mol. The topological polar surface area (TPSA) is 128 Å². The first-order valence-electron chi connectivity index (χ1n) is 9.47. The highest BCUT2D eigenvalue weighted by molar-refractivity contribution is 5.63. The van der Waals surface area contributed by atoms with E-state index in [0.717, 1.165) is 0 Å². The molecule has 0 bridgehead atoms. The monoisotopic (exact) mass is 412 g/mol. The highest BCUT2D eigenvalue weighted by Gasteiger charge is 2.11. The molecule has 0 saturated carbocycles. The zero-order valence-electron chi connectivity index (χ0n) is 16.4. The molecular weight excluding hydrogens is 392 g/mol. The number of nitrogens with one attached hydrogen (secondary N) is 2. The molecular formula is C23H20N6O2.